The van der Waals surface area contributed by atoms with Crippen LogP contribution in [0.2, 0.25) is 0 Å². The first-order chi connectivity index (χ1) is 24.9. The Balaban J connectivity index is 1.75. The third-order valence-corrected chi connectivity index (χ3v) is 8.42. The van der Waals surface area contributed by atoms with Gasteiger partial charge in [-0.15, -0.1) is 12.8 Å². The lowest BCUT2D eigenvalue weighted by Crippen LogP contribution is -2.16. The highest BCUT2D eigenvalue weighted by Gasteiger charge is 2.27. The van der Waals surface area contributed by atoms with E-state index in [9.17, 15) is 0 Å². The van der Waals surface area contributed by atoms with E-state index in [1.165, 1.54) is 0 Å². The van der Waals surface area contributed by atoms with Crippen LogP contribution in [-0.2, 0) is 0 Å². The molecule has 6 aromatic rings. The number of anilines is 3. The molecule has 0 fully saturated rings. The molecule has 0 unspecified atom stereocenters. The van der Waals surface area contributed by atoms with E-state index in [1.807, 2.05) is 96.1 Å². The fourth-order valence-corrected chi connectivity index (χ4v) is 6.17. The lowest BCUT2D eigenvalue weighted by Gasteiger charge is -2.30. The molecule has 0 saturated heterocycles. The summed E-state index contributed by atoms with van der Waals surface area (Å²) in [5, 5.41) is 1.48. The molecule has 0 bridgehead atoms. The van der Waals surface area contributed by atoms with Gasteiger partial charge in [-0.3, -0.25) is 4.90 Å². The van der Waals surface area contributed by atoms with Crippen molar-refractivity contribution in [3.05, 3.63) is 89.5 Å². The Kier molecular flexibility index (Phi) is 10.2. The molecule has 6 rings (SSSR count). The highest BCUT2D eigenvalue weighted by molar-refractivity contribution is 6.04. The number of hydrogen-bond acceptors (Lipinski definition) is 9. The minimum absolute atomic E-state index is 0.449. The lowest BCUT2D eigenvalue weighted by atomic mass is 9.94. The van der Waals surface area contributed by atoms with Crippen LogP contribution in [0.3, 0.4) is 0 Å². The smallest absolute Gasteiger partial charge is 0.163 e. The number of aromatic nitrogens is 4. The maximum absolute atomic E-state index is 6.35. The van der Waals surface area contributed by atoms with Crippen molar-refractivity contribution in [2.24, 2.45) is 0 Å². The Morgan fingerprint density at radius 2 is 1.14 bits per heavy atom. The van der Waals surface area contributed by atoms with Gasteiger partial charge >= 0.3 is 0 Å². The topological polar surface area (TPSA) is 91.7 Å². The van der Waals surface area contributed by atoms with Crippen LogP contribution in [0.15, 0.2) is 67.3 Å². The van der Waals surface area contributed by atoms with Gasteiger partial charge in [0, 0.05) is 39.6 Å². The third kappa shape index (κ3) is 6.54. The van der Waals surface area contributed by atoms with Crippen molar-refractivity contribution in [3.8, 4) is 58.9 Å². The van der Waals surface area contributed by atoms with Gasteiger partial charge in [0.15, 0.2) is 23.0 Å². The van der Waals surface area contributed by atoms with Gasteiger partial charge in [-0.05, 0) is 83.0 Å². The van der Waals surface area contributed by atoms with Gasteiger partial charge in [-0.1, -0.05) is 24.0 Å². The second kappa shape index (κ2) is 15.1. The summed E-state index contributed by atoms with van der Waals surface area (Å²) in [6, 6.07) is 17.5. The number of ether oxygens (including phenoxy) is 4. The molecule has 0 aliphatic rings. The number of benzene rings is 4. The molecule has 4 aromatic carbocycles. The summed E-state index contributed by atoms with van der Waals surface area (Å²) in [4.78, 5) is 21.2. The van der Waals surface area contributed by atoms with E-state index in [4.69, 9.17) is 41.8 Å². The average Bonchev–Trinajstić information content (AvgIpc) is 3.13. The van der Waals surface area contributed by atoms with Crippen LogP contribution in [-0.4, -0.2) is 46.4 Å². The van der Waals surface area contributed by atoms with Crippen molar-refractivity contribution in [2.75, 3.05) is 31.3 Å². The quantitative estimate of drug-likeness (QED) is 0.118. The summed E-state index contributed by atoms with van der Waals surface area (Å²) < 4.78 is 24.0. The van der Waals surface area contributed by atoms with E-state index in [0.29, 0.717) is 88.7 Å². The van der Waals surface area contributed by atoms with Crippen molar-refractivity contribution < 1.29 is 18.9 Å². The number of fused-ring (bicyclic) bond motifs is 2. The van der Waals surface area contributed by atoms with E-state index < -0.39 is 0 Å². The molecule has 256 valence electrons. The van der Waals surface area contributed by atoms with Gasteiger partial charge < -0.3 is 18.9 Å². The standard InChI is InChI=1S/C42H39N5O4/c1-9-28-17-15-27(8)35(19-28)47(42-31-21-37(49-12-4)39(51-14-6)23-33(31)44-25-46-42)34-18-16-26(7)29(10-2)40(34)41-30-20-36(48-11-3)38(50-13-5)22-32(30)43-24-45-41/h1-2,15-25H,11-14H2,3-8H3. The molecule has 0 aliphatic carbocycles. The summed E-state index contributed by atoms with van der Waals surface area (Å²) >= 11 is 0. The van der Waals surface area contributed by atoms with Gasteiger partial charge in [-0.25, -0.2) is 19.9 Å². The average molecular weight is 678 g/mol. The Labute approximate surface area is 298 Å². The molecule has 0 radical (unpaired) electrons. The molecule has 2 heterocycles. The van der Waals surface area contributed by atoms with Crippen LogP contribution in [0.1, 0.15) is 49.9 Å². The first-order valence-corrected chi connectivity index (χ1v) is 16.9. The SMILES string of the molecule is C#Cc1ccc(C)c(N(c2ccc(C)c(C#C)c2-c2ncnc3cc(OCC)c(OCC)cc23)c2ncnc3cc(OCC)c(OCC)cc23)c1. The molecule has 0 atom stereocenters. The normalized spacial score (nSPS) is 10.8. The maximum Gasteiger partial charge on any atom is 0.163 e. The first kappa shape index (κ1) is 34.5. The predicted octanol–water partition coefficient (Wildman–Crippen LogP) is 8.88. The van der Waals surface area contributed by atoms with Crippen molar-refractivity contribution in [2.45, 2.75) is 41.5 Å². The minimum Gasteiger partial charge on any atom is -0.490 e. The Morgan fingerprint density at radius 1 is 0.588 bits per heavy atom. The highest BCUT2D eigenvalue weighted by Crippen LogP contribution is 2.48. The summed E-state index contributed by atoms with van der Waals surface area (Å²) in [7, 11) is 0. The summed E-state index contributed by atoms with van der Waals surface area (Å²) in [5.41, 5.74) is 7.45. The van der Waals surface area contributed by atoms with Crippen LogP contribution in [0.4, 0.5) is 17.2 Å². The molecular weight excluding hydrogens is 638 g/mol. The molecule has 0 N–H and O–H groups in total. The number of terminal acetylenes is 2. The fourth-order valence-electron chi connectivity index (χ4n) is 6.17. The molecule has 2 aromatic heterocycles. The minimum atomic E-state index is 0.449. The van der Waals surface area contributed by atoms with Gasteiger partial charge in [0.25, 0.3) is 0 Å². The first-order valence-electron chi connectivity index (χ1n) is 16.9. The third-order valence-electron chi connectivity index (χ3n) is 8.42. The fraction of sp³-hybridized carbons (Fsp3) is 0.238. The molecule has 0 aliphatic heterocycles. The summed E-state index contributed by atoms with van der Waals surface area (Å²) in [6.07, 6.45) is 15.4. The largest absolute Gasteiger partial charge is 0.490 e. The van der Waals surface area contributed by atoms with E-state index in [1.54, 1.807) is 12.7 Å². The summed E-state index contributed by atoms with van der Waals surface area (Å²) in [6.45, 7) is 13.6. The number of rotatable bonds is 12. The maximum atomic E-state index is 6.35. The van der Waals surface area contributed by atoms with Gasteiger partial charge in [0.1, 0.15) is 18.5 Å². The number of aryl methyl sites for hydroxylation is 2. The molecule has 9 heteroatoms. The number of nitrogens with zero attached hydrogens (tertiary/aromatic N) is 5. The van der Waals surface area contributed by atoms with E-state index in [-0.39, 0.29) is 0 Å². The molecule has 0 spiro atoms. The van der Waals surface area contributed by atoms with E-state index in [0.717, 1.165) is 33.3 Å². The zero-order valence-electron chi connectivity index (χ0n) is 29.7. The van der Waals surface area contributed by atoms with Crippen molar-refractivity contribution in [1.29, 1.82) is 0 Å². The molecule has 0 saturated carbocycles. The Bertz CT molecular complexity index is 2340. The van der Waals surface area contributed by atoms with Gasteiger partial charge in [-0.2, -0.15) is 0 Å². The van der Waals surface area contributed by atoms with Crippen LogP contribution in [0.5, 0.6) is 23.0 Å². The number of hydrogen-bond donors (Lipinski definition) is 0. The zero-order valence-corrected chi connectivity index (χ0v) is 29.7. The zero-order chi connectivity index (χ0) is 36.1. The molecule has 9 nitrogen and oxygen atoms in total. The summed E-state index contributed by atoms with van der Waals surface area (Å²) in [5.74, 6) is 8.73. The second-order valence-corrected chi connectivity index (χ2v) is 11.6. The Morgan fingerprint density at radius 3 is 1.73 bits per heavy atom. The van der Waals surface area contributed by atoms with Crippen LogP contribution in [0.25, 0.3) is 33.1 Å². The van der Waals surface area contributed by atoms with E-state index in [2.05, 4.69) is 26.7 Å². The van der Waals surface area contributed by atoms with Crippen molar-refractivity contribution in [3.63, 3.8) is 0 Å². The van der Waals surface area contributed by atoms with E-state index >= 15 is 0 Å². The monoisotopic (exact) mass is 677 g/mol. The highest BCUT2D eigenvalue weighted by atomic mass is 16.5. The van der Waals surface area contributed by atoms with Gasteiger partial charge in [0.05, 0.1) is 54.5 Å². The predicted molar refractivity (Wildman–Crippen MR) is 203 cm³/mol. The van der Waals surface area contributed by atoms with Crippen LogP contribution < -0.4 is 23.8 Å². The lowest BCUT2D eigenvalue weighted by molar-refractivity contribution is 0.288. The second-order valence-electron chi connectivity index (χ2n) is 11.6. The van der Waals surface area contributed by atoms with Gasteiger partial charge in [0.2, 0.25) is 0 Å². The van der Waals surface area contributed by atoms with Crippen LogP contribution >= 0.6 is 0 Å². The molecule has 0 amide bonds. The van der Waals surface area contributed by atoms with Crippen molar-refractivity contribution in [1.82, 2.24) is 19.9 Å². The molecular formula is C42H39N5O4. The Hall–Kier alpha value is -6.32. The van der Waals surface area contributed by atoms with Crippen LogP contribution in [0, 0.1) is 38.5 Å². The van der Waals surface area contributed by atoms with Crippen molar-refractivity contribution >= 4 is 39.0 Å². The molecule has 51 heavy (non-hydrogen) atoms.